The lowest BCUT2D eigenvalue weighted by atomic mass is 10.0. The Kier molecular flexibility index (Phi) is 6.52. The van der Waals surface area contributed by atoms with E-state index < -0.39 is 29.7 Å². The zero-order valence-electron chi connectivity index (χ0n) is 18.7. The summed E-state index contributed by atoms with van der Waals surface area (Å²) in [6.07, 6.45) is 2.00. The third-order valence-electron chi connectivity index (χ3n) is 6.18. The van der Waals surface area contributed by atoms with Gasteiger partial charge in [0, 0.05) is 28.7 Å². The highest BCUT2D eigenvalue weighted by Crippen LogP contribution is 2.35. The maximum Gasteiger partial charge on any atom is 0.380 e. The second kappa shape index (κ2) is 9.60. The number of nitrogens with zero attached hydrogens (tertiary/aromatic N) is 2. The van der Waals surface area contributed by atoms with Crippen molar-refractivity contribution in [2.24, 2.45) is 0 Å². The van der Waals surface area contributed by atoms with E-state index in [1.165, 1.54) is 24.4 Å². The highest BCUT2D eigenvalue weighted by molar-refractivity contribution is 6.31. The number of halogens is 3. The van der Waals surface area contributed by atoms with Gasteiger partial charge in [-0.05, 0) is 56.3 Å². The number of carbonyl (C=O) groups excluding carboxylic acids is 1. The number of amides is 1. The van der Waals surface area contributed by atoms with Crippen molar-refractivity contribution >= 4 is 28.5 Å². The number of hydrogen-bond donors (Lipinski definition) is 2. The van der Waals surface area contributed by atoms with Crippen LogP contribution in [-0.2, 0) is 10.7 Å². The molecule has 1 fully saturated rings. The molecule has 0 bridgehead atoms. The highest BCUT2D eigenvalue weighted by atomic mass is 35.5. The summed E-state index contributed by atoms with van der Waals surface area (Å²) in [6.45, 7) is 2.38. The minimum Gasteiger partial charge on any atom is -0.484 e. The van der Waals surface area contributed by atoms with Crippen LogP contribution in [0.2, 0.25) is 5.02 Å². The van der Waals surface area contributed by atoms with Crippen LogP contribution in [0.15, 0.2) is 40.9 Å². The summed E-state index contributed by atoms with van der Waals surface area (Å²) in [5.74, 6) is -5.70. The number of fused-ring (bicyclic) bond motifs is 2. The molecule has 2 aliphatic heterocycles. The first-order chi connectivity index (χ1) is 16.8. The predicted octanol–water partition coefficient (Wildman–Crippen LogP) is 3.66. The van der Waals surface area contributed by atoms with Crippen molar-refractivity contribution in [3.05, 3.63) is 52.9 Å². The number of rotatable bonds is 7. The molecule has 1 aromatic carbocycles. The molecule has 8 nitrogen and oxygen atoms in total. The van der Waals surface area contributed by atoms with Gasteiger partial charge in [0.15, 0.2) is 11.5 Å². The minimum atomic E-state index is -3.97. The van der Waals surface area contributed by atoms with Crippen LogP contribution in [0.1, 0.15) is 30.3 Å². The summed E-state index contributed by atoms with van der Waals surface area (Å²) in [6, 6.07) is 6.07. The first-order valence-electron chi connectivity index (χ1n) is 11.4. The third-order valence-corrected chi connectivity index (χ3v) is 6.42. The standard InChI is InChI=1S/C24H24ClF2N3O5/c25-16-3-4-18-14(9-16)11-20(35-18)24(26,27)23(32)29-17(13-30-5-1-2-6-30)21(31)15-10-19-22(28-12-15)34-8-7-33-19/h3-4,9-12,17,21,31H,1-2,5-8,13H2,(H,29,32). The molecule has 186 valence electrons. The Balaban J connectivity index is 1.39. The van der Waals surface area contributed by atoms with Gasteiger partial charge >= 0.3 is 5.92 Å². The number of alkyl halides is 2. The van der Waals surface area contributed by atoms with Crippen LogP contribution in [0.25, 0.3) is 11.0 Å². The molecule has 5 rings (SSSR count). The number of aliphatic hydroxyl groups excluding tert-OH is 1. The van der Waals surface area contributed by atoms with Crippen LogP contribution in [0.4, 0.5) is 8.78 Å². The van der Waals surface area contributed by atoms with Gasteiger partial charge < -0.3 is 29.2 Å². The SMILES string of the molecule is O=C(NC(CN1CCCC1)C(O)c1cnc2c(c1)OCCO2)C(F)(F)c1cc2cc(Cl)ccc2o1. The Morgan fingerprint density at radius 3 is 2.77 bits per heavy atom. The average molecular weight is 508 g/mol. The first kappa shape index (κ1) is 23.8. The largest absolute Gasteiger partial charge is 0.484 e. The number of likely N-dealkylation sites (tertiary alicyclic amines) is 1. The highest BCUT2D eigenvalue weighted by Gasteiger charge is 2.46. The third kappa shape index (κ3) is 4.91. The van der Waals surface area contributed by atoms with E-state index in [0.29, 0.717) is 40.8 Å². The van der Waals surface area contributed by atoms with Crippen molar-refractivity contribution in [2.45, 2.75) is 30.9 Å². The number of furan rings is 1. The molecule has 11 heteroatoms. The number of benzene rings is 1. The molecule has 1 amide bonds. The molecule has 2 unspecified atom stereocenters. The van der Waals surface area contributed by atoms with E-state index in [1.54, 1.807) is 6.07 Å². The monoisotopic (exact) mass is 507 g/mol. The number of hydrogen-bond acceptors (Lipinski definition) is 7. The fourth-order valence-electron chi connectivity index (χ4n) is 4.35. The van der Waals surface area contributed by atoms with Crippen molar-refractivity contribution in [3.63, 3.8) is 0 Å². The number of aliphatic hydroxyl groups is 1. The molecular weight excluding hydrogens is 484 g/mol. The Morgan fingerprint density at radius 2 is 1.97 bits per heavy atom. The Morgan fingerprint density at radius 1 is 1.20 bits per heavy atom. The van der Waals surface area contributed by atoms with Gasteiger partial charge in [0.25, 0.3) is 11.8 Å². The van der Waals surface area contributed by atoms with Gasteiger partial charge in [-0.25, -0.2) is 4.98 Å². The number of carbonyl (C=O) groups is 1. The summed E-state index contributed by atoms with van der Waals surface area (Å²) < 4.78 is 46.5. The minimum absolute atomic E-state index is 0.188. The van der Waals surface area contributed by atoms with E-state index in [0.717, 1.165) is 32.0 Å². The summed E-state index contributed by atoms with van der Waals surface area (Å²) in [4.78, 5) is 19.0. The van der Waals surface area contributed by atoms with E-state index >= 15 is 8.78 Å². The zero-order chi connectivity index (χ0) is 24.6. The molecule has 3 aromatic rings. The van der Waals surface area contributed by atoms with Gasteiger partial charge in [0.1, 0.15) is 24.9 Å². The number of ether oxygens (including phenoxy) is 2. The van der Waals surface area contributed by atoms with Crippen LogP contribution in [0.3, 0.4) is 0 Å². The van der Waals surface area contributed by atoms with Crippen LogP contribution in [0, 0.1) is 0 Å². The van der Waals surface area contributed by atoms with Gasteiger partial charge in [0.2, 0.25) is 0 Å². The molecule has 35 heavy (non-hydrogen) atoms. The summed E-state index contributed by atoms with van der Waals surface area (Å²) >= 11 is 5.93. The zero-order valence-corrected chi connectivity index (χ0v) is 19.4. The van der Waals surface area contributed by atoms with Gasteiger partial charge in [0.05, 0.1) is 6.04 Å². The fraction of sp³-hybridized carbons (Fsp3) is 0.417. The number of aromatic nitrogens is 1. The molecule has 2 N–H and O–H groups in total. The second-order valence-electron chi connectivity index (χ2n) is 8.67. The molecule has 2 aliphatic rings. The Labute approximate surface area is 204 Å². The molecule has 0 spiro atoms. The van der Waals surface area contributed by atoms with Gasteiger partial charge in [-0.3, -0.25) is 4.79 Å². The van der Waals surface area contributed by atoms with Crippen LogP contribution in [0.5, 0.6) is 11.6 Å². The number of pyridine rings is 1. The Bertz CT molecular complexity index is 1230. The van der Waals surface area contributed by atoms with Crippen molar-refractivity contribution < 1.29 is 32.6 Å². The van der Waals surface area contributed by atoms with Crippen LogP contribution < -0.4 is 14.8 Å². The predicted molar refractivity (Wildman–Crippen MR) is 123 cm³/mol. The summed E-state index contributed by atoms with van der Waals surface area (Å²) in [7, 11) is 0. The first-order valence-corrected chi connectivity index (χ1v) is 11.7. The van der Waals surface area contributed by atoms with Gasteiger partial charge in [-0.1, -0.05) is 11.6 Å². The molecule has 0 saturated carbocycles. The molecule has 0 radical (unpaired) electrons. The topological polar surface area (TPSA) is 97.1 Å². The lowest BCUT2D eigenvalue weighted by Crippen LogP contribution is -2.50. The van der Waals surface area contributed by atoms with Gasteiger partial charge in [-0.2, -0.15) is 8.78 Å². The summed E-state index contributed by atoms with van der Waals surface area (Å²) in [5, 5.41) is 14.2. The molecule has 4 heterocycles. The van der Waals surface area contributed by atoms with Crippen molar-refractivity contribution in [1.29, 1.82) is 0 Å². The van der Waals surface area contributed by atoms with Gasteiger partial charge in [-0.15, -0.1) is 0 Å². The molecule has 1 saturated heterocycles. The molecular formula is C24H24ClF2N3O5. The van der Waals surface area contributed by atoms with Crippen LogP contribution >= 0.6 is 11.6 Å². The number of nitrogens with one attached hydrogen (secondary N) is 1. The van der Waals surface area contributed by atoms with E-state index in [1.807, 2.05) is 4.90 Å². The lowest BCUT2D eigenvalue weighted by Gasteiger charge is -2.30. The second-order valence-corrected chi connectivity index (χ2v) is 9.10. The van der Waals surface area contributed by atoms with Crippen LogP contribution in [-0.4, -0.2) is 59.8 Å². The van der Waals surface area contributed by atoms with Crippen molar-refractivity contribution in [3.8, 4) is 11.6 Å². The van der Waals surface area contributed by atoms with E-state index in [9.17, 15) is 9.90 Å². The average Bonchev–Trinajstić information content (AvgIpc) is 3.52. The fourth-order valence-corrected chi connectivity index (χ4v) is 4.53. The quantitative estimate of drug-likeness (QED) is 0.504. The smallest absolute Gasteiger partial charge is 0.380 e. The van der Waals surface area contributed by atoms with Crippen molar-refractivity contribution in [1.82, 2.24) is 15.2 Å². The Hall–Kier alpha value is -2.95. The van der Waals surface area contributed by atoms with E-state index in [2.05, 4.69) is 10.3 Å². The van der Waals surface area contributed by atoms with E-state index in [-0.39, 0.29) is 12.1 Å². The van der Waals surface area contributed by atoms with Crippen molar-refractivity contribution in [2.75, 3.05) is 32.8 Å². The maximum absolute atomic E-state index is 15.2. The summed E-state index contributed by atoms with van der Waals surface area (Å²) in [5.41, 5.74) is 0.508. The lowest BCUT2D eigenvalue weighted by molar-refractivity contribution is -0.151. The molecule has 0 aliphatic carbocycles. The normalized spacial score (nSPS) is 17.9. The van der Waals surface area contributed by atoms with E-state index in [4.69, 9.17) is 25.5 Å². The molecule has 2 atom stereocenters. The maximum atomic E-state index is 15.2. The molecule has 2 aromatic heterocycles.